The quantitative estimate of drug-likeness (QED) is 0.532. The molecule has 7 heteroatoms. The lowest BCUT2D eigenvalue weighted by molar-refractivity contribution is -0.132. The van der Waals surface area contributed by atoms with E-state index in [9.17, 15) is 14.4 Å². The summed E-state index contributed by atoms with van der Waals surface area (Å²) in [7, 11) is 0. The average Bonchev–Trinajstić information content (AvgIpc) is 3.01. The lowest BCUT2D eigenvalue weighted by Gasteiger charge is -2.29. The highest BCUT2D eigenvalue weighted by molar-refractivity contribution is 6.11. The van der Waals surface area contributed by atoms with Gasteiger partial charge in [-0.15, -0.1) is 0 Å². The molecule has 1 aliphatic heterocycles. The molecule has 0 spiro atoms. The van der Waals surface area contributed by atoms with Crippen LogP contribution in [0.25, 0.3) is 0 Å². The molecule has 3 aromatic rings. The van der Waals surface area contributed by atoms with Crippen LogP contribution in [0.5, 0.6) is 11.5 Å². The van der Waals surface area contributed by atoms with Crippen molar-refractivity contribution in [2.24, 2.45) is 0 Å². The summed E-state index contributed by atoms with van der Waals surface area (Å²) >= 11 is 0. The van der Waals surface area contributed by atoms with E-state index in [4.69, 9.17) is 9.47 Å². The number of hydrogen-bond acceptors (Lipinski definition) is 6. The summed E-state index contributed by atoms with van der Waals surface area (Å²) in [5, 5.41) is 2.93. The zero-order valence-electron chi connectivity index (χ0n) is 16.3. The Balaban J connectivity index is 1.88. The van der Waals surface area contributed by atoms with Crippen molar-refractivity contribution < 1.29 is 23.9 Å². The van der Waals surface area contributed by atoms with Crippen LogP contribution in [0.2, 0.25) is 0 Å². The lowest BCUT2D eigenvalue weighted by atomic mass is 9.70. The van der Waals surface area contributed by atoms with E-state index in [0.29, 0.717) is 33.9 Å². The molecule has 1 amide bonds. The Hall–Kier alpha value is -4.00. The van der Waals surface area contributed by atoms with Gasteiger partial charge in [-0.1, -0.05) is 24.3 Å². The number of benzene rings is 2. The second kappa shape index (κ2) is 7.44. The number of hydrogen-bond donors (Lipinski definition) is 1. The van der Waals surface area contributed by atoms with E-state index in [1.807, 2.05) is 0 Å². The Bertz CT molecular complexity index is 1080. The number of pyridine rings is 1. The molecule has 0 unspecified atom stereocenters. The molecule has 0 radical (unpaired) electrons. The number of nitrogens with one attached hydrogen (secondary N) is 1. The fourth-order valence-corrected chi connectivity index (χ4v) is 3.76. The summed E-state index contributed by atoms with van der Waals surface area (Å²) in [6, 6.07) is 15.3. The van der Waals surface area contributed by atoms with Crippen molar-refractivity contribution in [2.75, 3.05) is 5.32 Å². The van der Waals surface area contributed by atoms with E-state index >= 15 is 0 Å². The van der Waals surface area contributed by atoms with E-state index in [1.54, 1.807) is 67.0 Å². The van der Waals surface area contributed by atoms with Gasteiger partial charge < -0.3 is 14.8 Å². The molecular formula is C23H18N2O5. The maximum absolute atomic E-state index is 13.4. The molecule has 30 heavy (non-hydrogen) atoms. The minimum Gasteiger partial charge on any atom is -0.427 e. The first-order chi connectivity index (χ1) is 14.4. The highest BCUT2D eigenvalue weighted by atomic mass is 16.5. The van der Waals surface area contributed by atoms with Gasteiger partial charge in [-0.05, 0) is 41.5 Å². The van der Waals surface area contributed by atoms with Crippen LogP contribution in [0.4, 0.5) is 5.69 Å². The molecule has 2 aromatic carbocycles. The van der Waals surface area contributed by atoms with Gasteiger partial charge in [-0.2, -0.15) is 0 Å². The molecule has 0 saturated heterocycles. The molecule has 0 aliphatic carbocycles. The fourth-order valence-electron chi connectivity index (χ4n) is 3.76. The van der Waals surface area contributed by atoms with E-state index in [0.717, 1.165) is 0 Å². The van der Waals surface area contributed by atoms with Crippen molar-refractivity contribution in [2.45, 2.75) is 19.3 Å². The molecule has 0 saturated carbocycles. The van der Waals surface area contributed by atoms with Gasteiger partial charge in [0.15, 0.2) is 0 Å². The van der Waals surface area contributed by atoms with Gasteiger partial charge in [-0.25, -0.2) is 0 Å². The molecule has 4 rings (SSSR count). The number of carbonyl (C=O) groups excluding carboxylic acids is 3. The van der Waals surface area contributed by atoms with Crippen molar-refractivity contribution in [1.82, 2.24) is 4.98 Å². The normalized spacial score (nSPS) is 13.9. The van der Waals surface area contributed by atoms with Crippen LogP contribution >= 0.6 is 0 Å². The summed E-state index contributed by atoms with van der Waals surface area (Å²) < 4.78 is 10.2. The smallest absolute Gasteiger partial charge is 0.308 e. The predicted molar refractivity (Wildman–Crippen MR) is 108 cm³/mol. The molecule has 2 heterocycles. The number of rotatable bonds is 4. The summed E-state index contributed by atoms with van der Waals surface area (Å²) in [6.07, 6.45) is 3.27. The first kappa shape index (κ1) is 19.3. The van der Waals surface area contributed by atoms with Gasteiger partial charge in [0.1, 0.15) is 16.9 Å². The third-order valence-electron chi connectivity index (χ3n) is 4.91. The maximum Gasteiger partial charge on any atom is 0.308 e. The van der Waals surface area contributed by atoms with Gasteiger partial charge in [-0.3, -0.25) is 19.4 Å². The van der Waals surface area contributed by atoms with Gasteiger partial charge in [0.25, 0.3) is 0 Å². The molecule has 7 nitrogen and oxygen atoms in total. The van der Waals surface area contributed by atoms with Gasteiger partial charge >= 0.3 is 11.9 Å². The topological polar surface area (TPSA) is 94.6 Å². The number of carbonyl (C=O) groups is 3. The molecule has 150 valence electrons. The van der Waals surface area contributed by atoms with E-state index in [-0.39, 0.29) is 5.91 Å². The van der Waals surface area contributed by atoms with Crippen LogP contribution in [-0.4, -0.2) is 22.8 Å². The highest BCUT2D eigenvalue weighted by Gasteiger charge is 2.50. The second-order valence-corrected chi connectivity index (χ2v) is 6.86. The third-order valence-corrected chi connectivity index (χ3v) is 4.91. The second-order valence-electron chi connectivity index (χ2n) is 6.86. The largest absolute Gasteiger partial charge is 0.427 e. The molecule has 1 aromatic heterocycles. The number of fused-ring (bicyclic) bond motifs is 1. The monoisotopic (exact) mass is 402 g/mol. The van der Waals surface area contributed by atoms with Gasteiger partial charge in [0.2, 0.25) is 5.91 Å². The molecule has 0 fully saturated rings. The van der Waals surface area contributed by atoms with Crippen LogP contribution in [0, 0.1) is 0 Å². The number of aromatic nitrogens is 1. The first-order valence-electron chi connectivity index (χ1n) is 9.25. The molecule has 1 aliphatic rings. The minimum atomic E-state index is -1.16. The molecular weight excluding hydrogens is 384 g/mol. The van der Waals surface area contributed by atoms with Crippen molar-refractivity contribution >= 4 is 23.5 Å². The number of anilines is 1. The van der Waals surface area contributed by atoms with Crippen LogP contribution in [-0.2, 0) is 19.8 Å². The SMILES string of the molecule is CC(=O)Oc1ccc(C2(c3ccc(OC(C)=O)cc3)C(=O)Nc3ccncc32)cc1. The Morgan fingerprint density at radius 2 is 1.33 bits per heavy atom. The first-order valence-corrected chi connectivity index (χ1v) is 9.25. The standard InChI is InChI=1S/C23H18N2O5/c1-14(26)29-18-7-3-16(4-8-18)23(17-5-9-19(10-6-17)30-15(2)27)20-13-24-12-11-21(20)25-22(23)28/h3-13H,1-2H3,(H,25,28). The number of ether oxygens (including phenoxy) is 2. The predicted octanol–water partition coefficient (Wildman–Crippen LogP) is 3.22. The highest BCUT2D eigenvalue weighted by Crippen LogP contribution is 2.47. The Morgan fingerprint density at radius 3 is 1.80 bits per heavy atom. The zero-order valence-corrected chi connectivity index (χ0v) is 16.3. The van der Waals surface area contributed by atoms with Crippen molar-refractivity contribution in [1.29, 1.82) is 0 Å². The van der Waals surface area contributed by atoms with Gasteiger partial charge in [0, 0.05) is 37.5 Å². The Morgan fingerprint density at radius 1 is 0.833 bits per heavy atom. The van der Waals surface area contributed by atoms with Crippen molar-refractivity contribution in [3.63, 3.8) is 0 Å². The summed E-state index contributed by atoms with van der Waals surface area (Å²) in [5.74, 6) is -0.308. The molecule has 1 N–H and O–H groups in total. The zero-order chi connectivity index (χ0) is 21.3. The van der Waals surface area contributed by atoms with Crippen LogP contribution in [0.1, 0.15) is 30.5 Å². The Labute approximate surface area is 172 Å². The summed E-state index contributed by atoms with van der Waals surface area (Å²) in [4.78, 5) is 40.1. The van der Waals surface area contributed by atoms with E-state index in [2.05, 4.69) is 10.3 Å². The van der Waals surface area contributed by atoms with Crippen LogP contribution < -0.4 is 14.8 Å². The third kappa shape index (κ3) is 3.20. The van der Waals surface area contributed by atoms with Crippen LogP contribution in [0.3, 0.4) is 0 Å². The van der Waals surface area contributed by atoms with Crippen molar-refractivity contribution in [3.05, 3.63) is 83.7 Å². The van der Waals surface area contributed by atoms with Crippen molar-refractivity contribution in [3.8, 4) is 11.5 Å². The minimum absolute atomic E-state index is 0.231. The fraction of sp³-hybridized carbons (Fsp3) is 0.130. The van der Waals surface area contributed by atoms with Gasteiger partial charge in [0.05, 0.1) is 0 Å². The number of amides is 1. The molecule has 0 bridgehead atoms. The lowest BCUT2D eigenvalue weighted by Crippen LogP contribution is -2.37. The van der Waals surface area contributed by atoms with E-state index in [1.165, 1.54) is 13.8 Å². The maximum atomic E-state index is 13.4. The summed E-state index contributed by atoms with van der Waals surface area (Å²) in [5.41, 5.74) is 1.58. The number of nitrogens with zero attached hydrogens (tertiary/aromatic N) is 1. The molecule has 0 atom stereocenters. The summed E-state index contributed by atoms with van der Waals surface area (Å²) in [6.45, 7) is 2.65. The Kier molecular flexibility index (Phi) is 4.79. The van der Waals surface area contributed by atoms with E-state index < -0.39 is 17.4 Å². The number of esters is 2. The van der Waals surface area contributed by atoms with Crippen LogP contribution in [0.15, 0.2) is 67.0 Å². The average molecular weight is 402 g/mol.